The maximum absolute atomic E-state index is 15.5. The highest BCUT2D eigenvalue weighted by Gasteiger charge is 2.30. The molecule has 0 N–H and O–H groups in total. The van der Waals surface area contributed by atoms with Crippen molar-refractivity contribution < 1.29 is 27.5 Å². The van der Waals surface area contributed by atoms with Gasteiger partial charge in [0, 0.05) is 38.0 Å². The molecule has 0 bridgehead atoms. The molecular formula is C37H46F3N3O4. The van der Waals surface area contributed by atoms with Crippen molar-refractivity contribution in [3.63, 3.8) is 0 Å². The minimum atomic E-state index is -1.07. The summed E-state index contributed by atoms with van der Waals surface area (Å²) in [6, 6.07) is 9.22. The van der Waals surface area contributed by atoms with E-state index in [0.29, 0.717) is 49.3 Å². The van der Waals surface area contributed by atoms with Crippen molar-refractivity contribution >= 4 is 11.8 Å². The number of carbonyl (C=O) groups is 2. The van der Waals surface area contributed by atoms with E-state index < -0.39 is 35.7 Å². The summed E-state index contributed by atoms with van der Waals surface area (Å²) in [4.78, 5) is 41.9. The lowest BCUT2D eigenvalue weighted by Crippen LogP contribution is -2.49. The Bertz CT molecular complexity index is 1630. The van der Waals surface area contributed by atoms with Gasteiger partial charge in [-0.1, -0.05) is 32.0 Å². The van der Waals surface area contributed by atoms with E-state index in [-0.39, 0.29) is 48.7 Å². The molecule has 10 heteroatoms. The Labute approximate surface area is 275 Å². The van der Waals surface area contributed by atoms with Crippen molar-refractivity contribution in [3.05, 3.63) is 86.3 Å². The number of carbonyl (C=O) groups excluding carboxylic acids is 2. The third-order valence-corrected chi connectivity index (χ3v) is 8.85. The highest BCUT2D eigenvalue weighted by Crippen LogP contribution is 2.36. The lowest BCUT2D eigenvalue weighted by Gasteiger charge is -2.34. The van der Waals surface area contributed by atoms with Gasteiger partial charge >= 0.3 is 5.97 Å². The SMILES string of the molecule is CCOC(=O)C[C@H](CCC(=O)[C@H](CC(C)C)n1nc(CCN2CC(F)C2)cc(C)c1=O)c1cc(-c2c(C)cccc2C)cc(F)c1F. The molecule has 0 spiro atoms. The Morgan fingerprint density at radius 1 is 1.04 bits per heavy atom. The van der Waals surface area contributed by atoms with E-state index in [1.54, 1.807) is 26.0 Å². The molecular weight excluding hydrogens is 607 g/mol. The largest absolute Gasteiger partial charge is 0.466 e. The number of Topliss-reactive ketones (excluding diaryl/α,β-unsaturated/α-hetero) is 1. The molecule has 1 aliphatic heterocycles. The number of likely N-dealkylation sites (tertiary alicyclic amines) is 1. The molecule has 1 saturated heterocycles. The zero-order chi connectivity index (χ0) is 34.4. The number of ketones is 1. The third-order valence-electron chi connectivity index (χ3n) is 8.85. The molecule has 2 heterocycles. The topological polar surface area (TPSA) is 81.5 Å². The number of halogens is 3. The standard InChI is InChI=1S/C37H46F3N3O4/c1-7-47-34(45)19-26(30-17-27(18-31(39)36(30)40)35-23(4)9-8-10-24(35)5)11-12-33(44)32(15-22(2)3)43-37(46)25(6)16-29(41-43)13-14-42-20-28(38)21-42/h8-10,16-18,22,26,28,32H,7,11-15,19-21H2,1-6H3/t26-,32-/m0/s1. The summed E-state index contributed by atoms with van der Waals surface area (Å²) in [5.41, 5.74) is 3.74. The van der Waals surface area contributed by atoms with Crippen LogP contribution in [0.25, 0.3) is 11.1 Å². The molecule has 2 atom stereocenters. The molecule has 0 saturated carbocycles. The minimum absolute atomic E-state index is 0.00133. The number of hydrogen-bond donors (Lipinski definition) is 0. The van der Waals surface area contributed by atoms with Crippen molar-refractivity contribution in [2.75, 3.05) is 26.2 Å². The highest BCUT2D eigenvalue weighted by molar-refractivity contribution is 5.82. The molecule has 47 heavy (non-hydrogen) atoms. The van der Waals surface area contributed by atoms with Gasteiger partial charge in [-0.2, -0.15) is 5.10 Å². The second-order valence-corrected chi connectivity index (χ2v) is 13.2. The van der Waals surface area contributed by atoms with Crippen molar-refractivity contribution in [3.8, 4) is 11.1 Å². The molecule has 0 aliphatic carbocycles. The molecule has 1 fully saturated rings. The first kappa shape index (κ1) is 36.1. The first-order valence-corrected chi connectivity index (χ1v) is 16.5. The fourth-order valence-electron chi connectivity index (χ4n) is 6.41. The fraction of sp³-hybridized carbons (Fsp3) is 0.514. The Kier molecular flexibility index (Phi) is 12.2. The Morgan fingerprint density at radius 3 is 2.34 bits per heavy atom. The molecule has 3 aromatic rings. The van der Waals surface area contributed by atoms with Gasteiger partial charge < -0.3 is 4.74 Å². The quantitative estimate of drug-likeness (QED) is 0.165. The Morgan fingerprint density at radius 2 is 1.72 bits per heavy atom. The van der Waals surface area contributed by atoms with E-state index >= 15 is 8.78 Å². The molecule has 254 valence electrons. The summed E-state index contributed by atoms with van der Waals surface area (Å²) >= 11 is 0. The number of esters is 1. The average Bonchev–Trinajstić information content (AvgIpc) is 2.99. The third kappa shape index (κ3) is 8.97. The number of nitrogens with zero attached hydrogens (tertiary/aromatic N) is 3. The Balaban J connectivity index is 1.65. The number of ether oxygens (including phenoxy) is 1. The van der Waals surface area contributed by atoms with Crippen LogP contribution >= 0.6 is 0 Å². The maximum Gasteiger partial charge on any atom is 0.306 e. The van der Waals surface area contributed by atoms with E-state index in [2.05, 4.69) is 5.10 Å². The van der Waals surface area contributed by atoms with Crippen LogP contribution in [0.4, 0.5) is 13.2 Å². The molecule has 1 aliphatic rings. The van der Waals surface area contributed by atoms with Crippen molar-refractivity contribution in [2.24, 2.45) is 5.92 Å². The first-order valence-electron chi connectivity index (χ1n) is 16.5. The van der Waals surface area contributed by atoms with Crippen LogP contribution in [0.1, 0.15) is 86.4 Å². The van der Waals surface area contributed by atoms with E-state index in [1.165, 1.54) is 4.68 Å². The van der Waals surface area contributed by atoms with Gasteiger partial charge in [-0.05, 0) is 98.4 Å². The number of hydrogen-bond acceptors (Lipinski definition) is 6. The lowest BCUT2D eigenvalue weighted by atomic mass is 9.85. The highest BCUT2D eigenvalue weighted by atomic mass is 19.2. The van der Waals surface area contributed by atoms with Crippen LogP contribution in [-0.4, -0.2) is 58.8 Å². The zero-order valence-electron chi connectivity index (χ0n) is 28.2. The maximum atomic E-state index is 15.5. The minimum Gasteiger partial charge on any atom is -0.466 e. The predicted molar refractivity (Wildman–Crippen MR) is 176 cm³/mol. The monoisotopic (exact) mass is 653 g/mol. The molecule has 2 aromatic carbocycles. The van der Waals surface area contributed by atoms with Crippen LogP contribution < -0.4 is 5.56 Å². The normalized spacial score (nSPS) is 15.0. The second kappa shape index (κ2) is 15.9. The average molecular weight is 654 g/mol. The van der Waals surface area contributed by atoms with Crippen LogP contribution in [0, 0.1) is 38.3 Å². The van der Waals surface area contributed by atoms with Gasteiger partial charge in [0.1, 0.15) is 12.2 Å². The number of aromatic nitrogens is 2. The van der Waals surface area contributed by atoms with E-state index in [0.717, 1.165) is 22.8 Å². The zero-order valence-corrected chi connectivity index (χ0v) is 28.2. The van der Waals surface area contributed by atoms with E-state index in [9.17, 15) is 18.8 Å². The van der Waals surface area contributed by atoms with Gasteiger partial charge in [-0.3, -0.25) is 19.3 Å². The number of rotatable bonds is 15. The van der Waals surface area contributed by atoms with Crippen LogP contribution in [0.2, 0.25) is 0 Å². The summed E-state index contributed by atoms with van der Waals surface area (Å²) in [7, 11) is 0. The molecule has 4 rings (SSSR count). The van der Waals surface area contributed by atoms with E-state index in [4.69, 9.17) is 4.74 Å². The van der Waals surface area contributed by atoms with Gasteiger partial charge in [-0.25, -0.2) is 17.9 Å². The van der Waals surface area contributed by atoms with Crippen LogP contribution in [0.5, 0.6) is 0 Å². The van der Waals surface area contributed by atoms with Crippen LogP contribution in [0.3, 0.4) is 0 Å². The number of benzene rings is 2. The summed E-state index contributed by atoms with van der Waals surface area (Å²) in [6.45, 7) is 12.5. The first-order chi connectivity index (χ1) is 22.3. The molecule has 0 radical (unpaired) electrons. The van der Waals surface area contributed by atoms with Crippen LogP contribution in [0.15, 0.2) is 41.2 Å². The summed E-state index contributed by atoms with van der Waals surface area (Å²) in [6.07, 6.45) is -0.285. The summed E-state index contributed by atoms with van der Waals surface area (Å²) < 4.78 is 50.4. The lowest BCUT2D eigenvalue weighted by molar-refractivity contribution is -0.143. The second-order valence-electron chi connectivity index (χ2n) is 13.2. The number of alkyl halides is 1. The van der Waals surface area contributed by atoms with Gasteiger partial charge in [0.25, 0.3) is 5.56 Å². The molecule has 1 aromatic heterocycles. The number of aryl methyl sites for hydroxylation is 3. The molecule has 0 unspecified atom stereocenters. The van der Waals surface area contributed by atoms with Crippen LogP contribution in [-0.2, 0) is 20.7 Å². The van der Waals surface area contributed by atoms with Crippen molar-refractivity contribution in [2.45, 2.75) is 91.8 Å². The molecule has 7 nitrogen and oxygen atoms in total. The van der Waals surface area contributed by atoms with Gasteiger partial charge in [0.2, 0.25) is 0 Å². The van der Waals surface area contributed by atoms with Gasteiger partial charge in [-0.15, -0.1) is 0 Å². The predicted octanol–water partition coefficient (Wildman–Crippen LogP) is 6.98. The van der Waals surface area contributed by atoms with Crippen molar-refractivity contribution in [1.29, 1.82) is 0 Å². The fourth-order valence-corrected chi connectivity index (χ4v) is 6.41. The van der Waals surface area contributed by atoms with Gasteiger partial charge in [0.15, 0.2) is 17.4 Å². The summed E-state index contributed by atoms with van der Waals surface area (Å²) in [5, 5.41) is 4.58. The smallest absolute Gasteiger partial charge is 0.306 e. The molecule has 0 amide bonds. The summed E-state index contributed by atoms with van der Waals surface area (Å²) in [5.74, 6) is -3.79. The van der Waals surface area contributed by atoms with Gasteiger partial charge in [0.05, 0.1) is 18.7 Å². The van der Waals surface area contributed by atoms with E-state index in [1.807, 2.05) is 50.8 Å². The Hall–Kier alpha value is -3.79. The van der Waals surface area contributed by atoms with Crippen molar-refractivity contribution in [1.82, 2.24) is 14.7 Å².